The lowest BCUT2D eigenvalue weighted by Crippen LogP contribution is -2.09. The van der Waals surface area contributed by atoms with E-state index in [1.165, 1.54) is 0 Å². The van der Waals surface area contributed by atoms with Crippen molar-refractivity contribution in [3.63, 3.8) is 0 Å². The zero-order valence-corrected chi connectivity index (χ0v) is 17.6. The number of azo groups is 1. The van der Waals surface area contributed by atoms with Gasteiger partial charge in [-0.2, -0.15) is 0 Å². The molecule has 2 N–H and O–H groups in total. The predicted molar refractivity (Wildman–Crippen MR) is 120 cm³/mol. The highest BCUT2D eigenvalue weighted by atomic mass is 79.9. The zero-order valence-electron chi connectivity index (χ0n) is 16.0. The molecular weight excluding hydrogens is 460 g/mol. The number of benzene rings is 2. The number of pyridine rings is 1. The molecule has 0 fully saturated rings. The zero-order chi connectivity index (χ0) is 21.4. The Hall–Kier alpha value is -3.85. The lowest BCUT2D eigenvalue weighted by molar-refractivity contribution is -0.118. The summed E-state index contributed by atoms with van der Waals surface area (Å²) in [4.78, 5) is 24.5. The predicted octanol–water partition coefficient (Wildman–Crippen LogP) is 5.36. The standard InChI is InChI=1S/C22H15BrN6O2/c23-13-8-9-15-14(11-13)20(22(31)26-15)28-27-19(30)12-29-18-7-2-1-5-16(18)25-21(29)17-6-3-4-10-24-17/h1-11,26,31H,12H2. The maximum Gasteiger partial charge on any atom is 0.284 e. The molecular formula is C22H15BrN6O2. The maximum absolute atomic E-state index is 12.7. The minimum atomic E-state index is -0.482. The van der Waals surface area contributed by atoms with Crippen LogP contribution in [0.15, 0.2) is 81.6 Å². The topological polar surface area (TPSA) is 109 Å². The van der Waals surface area contributed by atoms with Crippen LogP contribution in [0.2, 0.25) is 0 Å². The smallest absolute Gasteiger partial charge is 0.284 e. The second-order valence-electron chi connectivity index (χ2n) is 6.83. The monoisotopic (exact) mass is 474 g/mol. The Labute approximate surface area is 184 Å². The number of rotatable bonds is 4. The number of aromatic hydroxyl groups is 1. The van der Waals surface area contributed by atoms with E-state index < -0.39 is 5.91 Å². The fourth-order valence-corrected chi connectivity index (χ4v) is 3.80. The maximum atomic E-state index is 12.7. The van der Waals surface area contributed by atoms with Crippen LogP contribution in [0.5, 0.6) is 5.88 Å². The number of nitrogens with zero attached hydrogens (tertiary/aromatic N) is 5. The van der Waals surface area contributed by atoms with Gasteiger partial charge in [-0.25, -0.2) is 4.98 Å². The average Bonchev–Trinajstić information content (AvgIpc) is 3.30. The first-order valence-electron chi connectivity index (χ1n) is 9.41. The number of nitrogens with one attached hydrogen (secondary N) is 1. The number of fused-ring (bicyclic) bond motifs is 2. The average molecular weight is 475 g/mol. The van der Waals surface area contributed by atoms with Crippen LogP contribution in [0.1, 0.15) is 0 Å². The van der Waals surface area contributed by atoms with Crippen molar-refractivity contribution in [2.45, 2.75) is 6.54 Å². The molecule has 0 atom stereocenters. The molecule has 0 bridgehead atoms. The molecule has 0 saturated heterocycles. The number of para-hydroxylation sites is 2. The number of aromatic amines is 1. The van der Waals surface area contributed by atoms with Crippen molar-refractivity contribution in [1.82, 2.24) is 19.5 Å². The Morgan fingerprint density at radius 1 is 1.13 bits per heavy atom. The van der Waals surface area contributed by atoms with E-state index in [4.69, 9.17) is 0 Å². The lowest BCUT2D eigenvalue weighted by atomic mass is 10.2. The van der Waals surface area contributed by atoms with E-state index in [0.717, 1.165) is 15.5 Å². The van der Waals surface area contributed by atoms with Gasteiger partial charge in [0.15, 0.2) is 11.5 Å². The van der Waals surface area contributed by atoms with Crippen molar-refractivity contribution < 1.29 is 9.90 Å². The van der Waals surface area contributed by atoms with E-state index in [9.17, 15) is 9.90 Å². The molecule has 0 unspecified atom stereocenters. The van der Waals surface area contributed by atoms with Crippen LogP contribution in [0.3, 0.4) is 0 Å². The number of hydrogen-bond acceptors (Lipinski definition) is 5. The van der Waals surface area contributed by atoms with Gasteiger partial charge >= 0.3 is 0 Å². The van der Waals surface area contributed by atoms with Crippen LogP contribution in [0.4, 0.5) is 5.69 Å². The second kappa shape index (κ2) is 7.77. The summed E-state index contributed by atoms with van der Waals surface area (Å²) >= 11 is 3.40. The molecule has 0 saturated carbocycles. The molecule has 5 aromatic rings. The van der Waals surface area contributed by atoms with Crippen molar-refractivity contribution in [2.75, 3.05) is 0 Å². The quantitative estimate of drug-likeness (QED) is 0.341. The SMILES string of the molecule is O=C(Cn1c(-c2ccccn2)nc2ccccc21)N=Nc1c(O)[nH]c2ccc(Br)cc12. The van der Waals surface area contributed by atoms with Crippen LogP contribution in [0.25, 0.3) is 33.5 Å². The van der Waals surface area contributed by atoms with Gasteiger partial charge in [0.2, 0.25) is 5.88 Å². The number of aromatic nitrogens is 4. The van der Waals surface area contributed by atoms with Crippen LogP contribution in [-0.2, 0) is 11.3 Å². The van der Waals surface area contributed by atoms with E-state index in [2.05, 4.69) is 41.1 Å². The summed E-state index contributed by atoms with van der Waals surface area (Å²) in [6.07, 6.45) is 1.68. The third-order valence-electron chi connectivity index (χ3n) is 4.82. The molecule has 2 aromatic carbocycles. The van der Waals surface area contributed by atoms with Crippen molar-refractivity contribution in [2.24, 2.45) is 10.2 Å². The molecule has 3 heterocycles. The molecule has 3 aromatic heterocycles. The minimum absolute atomic E-state index is 0.0667. The number of amides is 1. The highest BCUT2D eigenvalue weighted by molar-refractivity contribution is 9.10. The number of halogens is 1. The summed E-state index contributed by atoms with van der Waals surface area (Å²) in [6.45, 7) is -0.0667. The molecule has 0 spiro atoms. The number of carbonyl (C=O) groups is 1. The highest BCUT2D eigenvalue weighted by Crippen LogP contribution is 2.36. The number of imidazole rings is 1. The summed E-state index contributed by atoms with van der Waals surface area (Å²) in [7, 11) is 0. The van der Waals surface area contributed by atoms with Gasteiger partial charge in [-0.3, -0.25) is 9.78 Å². The van der Waals surface area contributed by atoms with Crippen molar-refractivity contribution in [3.05, 3.63) is 71.3 Å². The van der Waals surface area contributed by atoms with E-state index in [0.29, 0.717) is 22.4 Å². The molecule has 9 heteroatoms. The Morgan fingerprint density at radius 3 is 2.81 bits per heavy atom. The van der Waals surface area contributed by atoms with Gasteiger partial charge in [-0.05, 0) is 42.5 Å². The Balaban J connectivity index is 1.50. The van der Waals surface area contributed by atoms with E-state index >= 15 is 0 Å². The second-order valence-corrected chi connectivity index (χ2v) is 7.75. The first-order valence-corrected chi connectivity index (χ1v) is 10.2. The van der Waals surface area contributed by atoms with Gasteiger partial charge in [0.1, 0.15) is 12.2 Å². The molecule has 152 valence electrons. The molecule has 8 nitrogen and oxygen atoms in total. The van der Waals surface area contributed by atoms with Crippen molar-refractivity contribution >= 4 is 49.5 Å². The molecule has 5 rings (SSSR count). The summed E-state index contributed by atoms with van der Waals surface area (Å²) in [5.41, 5.74) is 3.12. The Bertz CT molecular complexity index is 1460. The first-order chi connectivity index (χ1) is 15.1. The van der Waals surface area contributed by atoms with Crippen LogP contribution < -0.4 is 0 Å². The largest absolute Gasteiger partial charge is 0.493 e. The molecule has 0 aliphatic rings. The van der Waals surface area contributed by atoms with Gasteiger partial charge in [-0.15, -0.1) is 10.2 Å². The summed E-state index contributed by atoms with van der Waals surface area (Å²) in [5.74, 6) is -0.0554. The first kappa shape index (κ1) is 19.1. The summed E-state index contributed by atoms with van der Waals surface area (Å²) in [5, 5.41) is 18.7. The molecule has 0 radical (unpaired) electrons. The van der Waals surface area contributed by atoms with Crippen molar-refractivity contribution in [3.8, 4) is 17.4 Å². The van der Waals surface area contributed by atoms with Crippen LogP contribution in [-0.4, -0.2) is 30.5 Å². The Kier molecular flexibility index (Phi) is 4.79. The molecule has 1 amide bonds. The van der Waals surface area contributed by atoms with E-state index in [1.54, 1.807) is 22.9 Å². The molecule has 31 heavy (non-hydrogen) atoms. The third kappa shape index (κ3) is 3.59. The van der Waals surface area contributed by atoms with Gasteiger partial charge in [-0.1, -0.05) is 34.1 Å². The summed E-state index contributed by atoms with van der Waals surface area (Å²) < 4.78 is 2.59. The van der Waals surface area contributed by atoms with Gasteiger partial charge < -0.3 is 14.7 Å². The van der Waals surface area contributed by atoms with Crippen molar-refractivity contribution in [1.29, 1.82) is 0 Å². The van der Waals surface area contributed by atoms with Gasteiger partial charge in [0, 0.05) is 16.1 Å². The third-order valence-corrected chi connectivity index (χ3v) is 5.31. The van der Waals surface area contributed by atoms with Crippen LogP contribution in [0, 0.1) is 0 Å². The number of H-pyrrole nitrogens is 1. The highest BCUT2D eigenvalue weighted by Gasteiger charge is 2.16. The Morgan fingerprint density at radius 2 is 1.97 bits per heavy atom. The fraction of sp³-hybridized carbons (Fsp3) is 0.0455. The van der Waals surface area contributed by atoms with Gasteiger partial charge in [0.05, 0.1) is 16.6 Å². The van der Waals surface area contributed by atoms with Gasteiger partial charge in [0.25, 0.3) is 5.91 Å². The molecule has 0 aliphatic carbocycles. The van der Waals surface area contributed by atoms with E-state index in [-0.39, 0.29) is 18.1 Å². The minimum Gasteiger partial charge on any atom is -0.493 e. The number of hydrogen-bond donors (Lipinski definition) is 2. The molecule has 0 aliphatic heterocycles. The number of carbonyl (C=O) groups excluding carboxylic acids is 1. The normalized spacial score (nSPS) is 11.6. The van der Waals surface area contributed by atoms with E-state index in [1.807, 2.05) is 48.5 Å². The lowest BCUT2D eigenvalue weighted by Gasteiger charge is -2.06. The van der Waals surface area contributed by atoms with Crippen LogP contribution >= 0.6 is 15.9 Å². The summed E-state index contributed by atoms with van der Waals surface area (Å²) in [6, 6.07) is 18.5. The fourth-order valence-electron chi connectivity index (χ4n) is 3.44.